The standard InChI is InChI=1S/C11H14N6O/c1-17-11(13)9(10(12)16-17)15-14-7-5-3-4-6-8(7)18-2/h3-6H,13H2,1-2H3,(H2,12,16). The molecule has 0 saturated heterocycles. The van der Waals surface area contributed by atoms with E-state index in [1.54, 1.807) is 26.3 Å². The number of benzene rings is 1. The van der Waals surface area contributed by atoms with Gasteiger partial charge in [0.2, 0.25) is 0 Å². The summed E-state index contributed by atoms with van der Waals surface area (Å²) < 4.78 is 6.61. The van der Waals surface area contributed by atoms with Crippen molar-refractivity contribution in [1.29, 1.82) is 0 Å². The molecule has 7 heteroatoms. The van der Waals surface area contributed by atoms with Gasteiger partial charge >= 0.3 is 0 Å². The Morgan fingerprint density at radius 1 is 1.22 bits per heavy atom. The van der Waals surface area contributed by atoms with Crippen molar-refractivity contribution in [1.82, 2.24) is 9.78 Å². The highest BCUT2D eigenvalue weighted by Crippen LogP contribution is 2.32. The Kier molecular flexibility index (Phi) is 3.13. The van der Waals surface area contributed by atoms with Gasteiger partial charge in [-0.25, -0.2) is 4.68 Å². The summed E-state index contributed by atoms with van der Waals surface area (Å²) in [6.07, 6.45) is 0. The van der Waals surface area contributed by atoms with Crippen LogP contribution in [0.2, 0.25) is 0 Å². The average molecular weight is 246 g/mol. The Labute approximate surface area is 104 Å². The first-order valence-corrected chi connectivity index (χ1v) is 5.26. The number of ether oxygens (including phenoxy) is 1. The number of hydrogen-bond acceptors (Lipinski definition) is 6. The molecule has 0 aliphatic carbocycles. The zero-order valence-electron chi connectivity index (χ0n) is 10.2. The number of hydrogen-bond donors (Lipinski definition) is 2. The molecule has 1 heterocycles. The van der Waals surface area contributed by atoms with Crippen LogP contribution in [0.1, 0.15) is 0 Å². The highest BCUT2D eigenvalue weighted by molar-refractivity contribution is 5.71. The molecular formula is C11H14N6O. The maximum atomic E-state index is 5.77. The third-order valence-electron chi connectivity index (χ3n) is 2.43. The maximum absolute atomic E-state index is 5.77. The molecule has 18 heavy (non-hydrogen) atoms. The van der Waals surface area contributed by atoms with Crippen LogP contribution in [0.25, 0.3) is 0 Å². The van der Waals surface area contributed by atoms with Gasteiger partial charge in [-0.1, -0.05) is 12.1 Å². The van der Waals surface area contributed by atoms with Crippen LogP contribution >= 0.6 is 0 Å². The smallest absolute Gasteiger partial charge is 0.175 e. The molecular weight excluding hydrogens is 232 g/mol. The van der Waals surface area contributed by atoms with Crippen LogP contribution in [0.3, 0.4) is 0 Å². The average Bonchev–Trinajstić information content (AvgIpc) is 2.62. The van der Waals surface area contributed by atoms with Crippen LogP contribution in [0, 0.1) is 0 Å². The number of azo groups is 1. The van der Waals surface area contributed by atoms with Crippen LogP contribution in [0.5, 0.6) is 5.75 Å². The Hall–Kier alpha value is -2.57. The van der Waals surface area contributed by atoms with Crippen molar-refractivity contribution in [2.75, 3.05) is 18.6 Å². The zero-order valence-corrected chi connectivity index (χ0v) is 10.2. The lowest BCUT2D eigenvalue weighted by Crippen LogP contribution is -1.97. The van der Waals surface area contributed by atoms with E-state index in [4.69, 9.17) is 16.2 Å². The molecule has 0 amide bonds. The molecule has 94 valence electrons. The molecule has 1 aromatic carbocycles. The number of para-hydroxylation sites is 1. The number of nitrogens with two attached hydrogens (primary N) is 2. The molecule has 1 aromatic heterocycles. The summed E-state index contributed by atoms with van der Waals surface area (Å²) in [4.78, 5) is 0. The van der Waals surface area contributed by atoms with Crippen LogP contribution < -0.4 is 16.2 Å². The number of rotatable bonds is 3. The van der Waals surface area contributed by atoms with Gasteiger partial charge in [0, 0.05) is 7.05 Å². The number of aryl methyl sites for hydroxylation is 1. The van der Waals surface area contributed by atoms with Gasteiger partial charge in [0.15, 0.2) is 17.3 Å². The highest BCUT2D eigenvalue weighted by Gasteiger charge is 2.10. The van der Waals surface area contributed by atoms with Crippen LogP contribution in [0.4, 0.5) is 23.0 Å². The van der Waals surface area contributed by atoms with Crippen molar-refractivity contribution in [2.45, 2.75) is 0 Å². The van der Waals surface area contributed by atoms with E-state index >= 15 is 0 Å². The fourth-order valence-corrected chi connectivity index (χ4v) is 1.47. The largest absolute Gasteiger partial charge is 0.494 e. The molecule has 0 radical (unpaired) electrons. The number of aromatic nitrogens is 2. The van der Waals surface area contributed by atoms with E-state index in [-0.39, 0.29) is 5.82 Å². The summed E-state index contributed by atoms with van der Waals surface area (Å²) >= 11 is 0. The molecule has 4 N–H and O–H groups in total. The number of methoxy groups -OCH3 is 1. The lowest BCUT2D eigenvalue weighted by molar-refractivity contribution is 0.416. The Morgan fingerprint density at radius 2 is 1.94 bits per heavy atom. The topological polar surface area (TPSA) is 104 Å². The van der Waals surface area contributed by atoms with Crippen LogP contribution in [0.15, 0.2) is 34.5 Å². The molecule has 0 aliphatic heterocycles. The quantitative estimate of drug-likeness (QED) is 0.808. The minimum absolute atomic E-state index is 0.244. The van der Waals surface area contributed by atoms with E-state index in [0.29, 0.717) is 22.9 Å². The summed E-state index contributed by atoms with van der Waals surface area (Å²) in [7, 11) is 3.26. The van der Waals surface area contributed by atoms with Gasteiger partial charge in [0.05, 0.1) is 7.11 Å². The van der Waals surface area contributed by atoms with Gasteiger partial charge in [-0.15, -0.1) is 10.2 Å². The molecule has 2 rings (SSSR count). The van der Waals surface area contributed by atoms with E-state index in [9.17, 15) is 0 Å². The summed E-state index contributed by atoms with van der Waals surface area (Å²) in [6.45, 7) is 0. The zero-order chi connectivity index (χ0) is 13.1. The Morgan fingerprint density at radius 3 is 2.56 bits per heavy atom. The Bertz CT molecular complexity index is 589. The van der Waals surface area contributed by atoms with E-state index in [1.807, 2.05) is 12.1 Å². The first kappa shape index (κ1) is 11.9. The van der Waals surface area contributed by atoms with E-state index in [2.05, 4.69) is 15.3 Å². The second kappa shape index (κ2) is 4.74. The minimum atomic E-state index is 0.244. The minimum Gasteiger partial charge on any atom is -0.494 e. The third kappa shape index (κ3) is 2.10. The first-order valence-electron chi connectivity index (χ1n) is 5.26. The molecule has 0 aliphatic rings. The van der Waals surface area contributed by atoms with E-state index in [0.717, 1.165) is 0 Å². The molecule has 2 aromatic rings. The lowest BCUT2D eigenvalue weighted by atomic mass is 10.3. The van der Waals surface area contributed by atoms with Crippen LogP contribution in [-0.2, 0) is 7.05 Å². The van der Waals surface area contributed by atoms with E-state index in [1.165, 1.54) is 4.68 Å². The van der Waals surface area contributed by atoms with Crippen molar-refractivity contribution in [3.63, 3.8) is 0 Å². The predicted molar refractivity (Wildman–Crippen MR) is 69.2 cm³/mol. The normalized spacial score (nSPS) is 11.0. The fourth-order valence-electron chi connectivity index (χ4n) is 1.47. The summed E-state index contributed by atoms with van der Waals surface area (Å²) in [5, 5.41) is 12.0. The number of nitrogens with zero attached hydrogens (tertiary/aromatic N) is 4. The fraction of sp³-hybridized carbons (Fsp3) is 0.182. The lowest BCUT2D eigenvalue weighted by Gasteiger charge is -2.01. The molecule has 0 unspecified atom stereocenters. The van der Waals surface area contributed by atoms with Gasteiger partial charge in [-0.05, 0) is 12.1 Å². The van der Waals surface area contributed by atoms with Gasteiger partial charge in [-0.2, -0.15) is 5.10 Å². The molecule has 0 saturated carbocycles. The summed E-state index contributed by atoms with van der Waals surface area (Å²) in [5.74, 6) is 1.24. The van der Waals surface area contributed by atoms with Crippen molar-refractivity contribution in [2.24, 2.45) is 17.3 Å². The first-order chi connectivity index (χ1) is 8.63. The SMILES string of the molecule is COc1ccccc1N=Nc1c(N)nn(C)c1N. The molecule has 0 spiro atoms. The monoisotopic (exact) mass is 246 g/mol. The van der Waals surface area contributed by atoms with Gasteiger partial charge in [0.25, 0.3) is 0 Å². The maximum Gasteiger partial charge on any atom is 0.175 e. The summed E-state index contributed by atoms with van der Waals surface area (Å²) in [5.41, 5.74) is 12.4. The molecule has 0 bridgehead atoms. The predicted octanol–water partition coefficient (Wildman–Crippen LogP) is 2.01. The van der Waals surface area contributed by atoms with Crippen LogP contribution in [-0.4, -0.2) is 16.9 Å². The number of nitrogen functional groups attached to an aromatic ring is 2. The Balaban J connectivity index is 2.36. The van der Waals surface area contributed by atoms with Crippen molar-refractivity contribution in [3.05, 3.63) is 24.3 Å². The van der Waals surface area contributed by atoms with Gasteiger partial charge in [-0.3, -0.25) is 0 Å². The molecule has 0 atom stereocenters. The second-order valence-electron chi connectivity index (χ2n) is 3.61. The number of anilines is 2. The molecule has 0 fully saturated rings. The van der Waals surface area contributed by atoms with E-state index < -0.39 is 0 Å². The third-order valence-corrected chi connectivity index (χ3v) is 2.43. The van der Waals surface area contributed by atoms with Crippen molar-refractivity contribution in [3.8, 4) is 5.75 Å². The van der Waals surface area contributed by atoms with Crippen molar-refractivity contribution < 1.29 is 4.74 Å². The van der Waals surface area contributed by atoms with Gasteiger partial charge in [0.1, 0.15) is 11.4 Å². The molecule has 7 nitrogen and oxygen atoms in total. The van der Waals surface area contributed by atoms with Crippen molar-refractivity contribution >= 4 is 23.0 Å². The summed E-state index contributed by atoms with van der Waals surface area (Å²) in [6, 6.07) is 7.27. The second-order valence-corrected chi connectivity index (χ2v) is 3.61. The van der Waals surface area contributed by atoms with Gasteiger partial charge < -0.3 is 16.2 Å². The highest BCUT2D eigenvalue weighted by atomic mass is 16.5.